The van der Waals surface area contributed by atoms with Gasteiger partial charge in [0.05, 0.1) is 0 Å². The molecule has 0 saturated carbocycles. The van der Waals surface area contributed by atoms with Crippen LogP contribution in [0.3, 0.4) is 0 Å². The molecule has 108 valence electrons. The predicted octanol–water partition coefficient (Wildman–Crippen LogP) is 0.607. The summed E-state index contributed by atoms with van der Waals surface area (Å²) in [5, 5.41) is 8.88. The number of sulfonamides is 1. The quantitative estimate of drug-likeness (QED) is 0.866. The van der Waals surface area contributed by atoms with Crippen LogP contribution in [0.25, 0.3) is 0 Å². The largest absolute Gasteiger partial charge is 0.396 e. The lowest BCUT2D eigenvalue weighted by Gasteiger charge is -2.19. The van der Waals surface area contributed by atoms with Crippen molar-refractivity contribution in [2.75, 3.05) is 33.8 Å². The molecular formula is C12H20N2O3S2. The van der Waals surface area contributed by atoms with Crippen molar-refractivity contribution in [3.05, 3.63) is 17.0 Å². The molecule has 2 rings (SSSR count). The summed E-state index contributed by atoms with van der Waals surface area (Å²) >= 11 is 1.26. The third-order valence-corrected chi connectivity index (χ3v) is 6.92. The third-order valence-electron chi connectivity index (χ3n) is 3.45. The van der Waals surface area contributed by atoms with Crippen LogP contribution in [0.1, 0.15) is 11.3 Å². The first-order valence-corrected chi connectivity index (χ1v) is 8.57. The average Bonchev–Trinajstić information content (AvgIpc) is 2.98. The van der Waals surface area contributed by atoms with Crippen LogP contribution in [0, 0.1) is 0 Å². The molecule has 1 aliphatic rings. The number of aliphatic hydroxyl groups is 1. The Labute approximate surface area is 118 Å². The van der Waals surface area contributed by atoms with Crippen molar-refractivity contribution in [3.8, 4) is 0 Å². The van der Waals surface area contributed by atoms with Crippen LogP contribution < -0.4 is 0 Å². The molecule has 0 bridgehead atoms. The van der Waals surface area contributed by atoms with E-state index in [9.17, 15) is 8.42 Å². The van der Waals surface area contributed by atoms with Gasteiger partial charge in [-0.15, -0.1) is 11.3 Å². The van der Waals surface area contributed by atoms with Gasteiger partial charge >= 0.3 is 0 Å². The minimum Gasteiger partial charge on any atom is -0.396 e. The van der Waals surface area contributed by atoms with Crippen molar-refractivity contribution >= 4 is 21.4 Å². The normalized spacial score (nSPS) is 21.4. The van der Waals surface area contributed by atoms with Crippen LogP contribution in [0.2, 0.25) is 0 Å². The second-order valence-corrected chi connectivity index (χ2v) is 8.30. The molecule has 0 amide bonds. The summed E-state index contributed by atoms with van der Waals surface area (Å²) in [5.41, 5.74) is 0. The van der Waals surface area contributed by atoms with Gasteiger partial charge in [0.2, 0.25) is 0 Å². The Morgan fingerprint density at radius 1 is 1.47 bits per heavy atom. The van der Waals surface area contributed by atoms with Crippen molar-refractivity contribution in [3.63, 3.8) is 0 Å². The highest BCUT2D eigenvalue weighted by molar-refractivity contribution is 7.91. The molecule has 1 aromatic heterocycles. The Bertz CT molecular complexity index is 525. The van der Waals surface area contributed by atoms with Gasteiger partial charge in [-0.05, 0) is 32.6 Å². The molecular weight excluding hydrogens is 284 g/mol. The SMILES string of the molecule is CN(C)C1CCN(S(=O)(=O)c2ccc(CCO)s2)C1. The first-order chi connectivity index (χ1) is 8.95. The Morgan fingerprint density at radius 3 is 2.79 bits per heavy atom. The van der Waals surface area contributed by atoms with Gasteiger partial charge in [-0.1, -0.05) is 0 Å². The van der Waals surface area contributed by atoms with E-state index in [-0.39, 0.29) is 6.61 Å². The molecule has 1 aliphatic heterocycles. The highest BCUT2D eigenvalue weighted by Gasteiger charge is 2.34. The average molecular weight is 304 g/mol. The zero-order valence-corrected chi connectivity index (χ0v) is 12.9. The lowest BCUT2D eigenvalue weighted by atomic mass is 10.2. The minimum absolute atomic E-state index is 0.0480. The van der Waals surface area contributed by atoms with E-state index in [0.29, 0.717) is 29.8 Å². The van der Waals surface area contributed by atoms with Gasteiger partial charge in [0, 0.05) is 37.0 Å². The molecule has 0 spiro atoms. The van der Waals surface area contributed by atoms with Crippen molar-refractivity contribution in [2.24, 2.45) is 0 Å². The third kappa shape index (κ3) is 3.17. The fourth-order valence-electron chi connectivity index (χ4n) is 2.22. The molecule has 5 nitrogen and oxygen atoms in total. The van der Waals surface area contributed by atoms with Crippen molar-refractivity contribution < 1.29 is 13.5 Å². The van der Waals surface area contributed by atoms with Crippen molar-refractivity contribution in [1.29, 1.82) is 0 Å². The molecule has 0 radical (unpaired) electrons. The van der Waals surface area contributed by atoms with E-state index in [1.807, 2.05) is 14.1 Å². The summed E-state index contributed by atoms with van der Waals surface area (Å²) in [7, 11) is 0.596. The molecule has 1 fully saturated rings. The monoisotopic (exact) mass is 304 g/mol. The van der Waals surface area contributed by atoms with Crippen LogP contribution in [-0.4, -0.2) is 62.6 Å². The van der Waals surface area contributed by atoms with Crippen molar-refractivity contribution in [2.45, 2.75) is 23.1 Å². The van der Waals surface area contributed by atoms with E-state index in [1.165, 1.54) is 11.3 Å². The molecule has 2 heterocycles. The molecule has 1 saturated heterocycles. The van der Waals surface area contributed by atoms with Crippen LogP contribution in [0.15, 0.2) is 16.3 Å². The van der Waals surface area contributed by atoms with Gasteiger partial charge < -0.3 is 10.0 Å². The molecule has 0 aliphatic carbocycles. The van der Waals surface area contributed by atoms with Gasteiger partial charge in [-0.2, -0.15) is 4.31 Å². The van der Waals surface area contributed by atoms with E-state index in [2.05, 4.69) is 4.90 Å². The Kier molecular flexibility index (Phi) is 4.62. The first-order valence-electron chi connectivity index (χ1n) is 6.31. The molecule has 1 aromatic rings. The van der Waals surface area contributed by atoms with Gasteiger partial charge in [-0.25, -0.2) is 8.42 Å². The van der Waals surface area contributed by atoms with Gasteiger partial charge in [0.25, 0.3) is 10.0 Å². The standard InChI is InChI=1S/C12H20N2O3S2/c1-13(2)10-5-7-14(9-10)19(16,17)12-4-3-11(18-12)6-8-15/h3-4,10,15H,5-9H2,1-2H3. The number of hydrogen-bond donors (Lipinski definition) is 1. The summed E-state index contributed by atoms with van der Waals surface area (Å²) in [6.07, 6.45) is 1.39. The second kappa shape index (κ2) is 5.88. The fourth-order valence-corrected chi connectivity index (χ4v) is 5.21. The number of nitrogens with zero attached hydrogens (tertiary/aromatic N) is 2. The summed E-state index contributed by atoms with van der Waals surface area (Å²) in [6.45, 7) is 1.19. The molecule has 7 heteroatoms. The zero-order valence-electron chi connectivity index (χ0n) is 11.2. The van der Waals surface area contributed by atoms with Gasteiger partial charge in [0.1, 0.15) is 4.21 Å². The van der Waals surface area contributed by atoms with E-state index in [4.69, 9.17) is 5.11 Å². The maximum absolute atomic E-state index is 12.5. The van der Waals surface area contributed by atoms with E-state index < -0.39 is 10.0 Å². The molecule has 0 aromatic carbocycles. The lowest BCUT2D eigenvalue weighted by molar-refractivity contribution is 0.300. The number of rotatable bonds is 5. The maximum atomic E-state index is 12.5. The fraction of sp³-hybridized carbons (Fsp3) is 0.667. The molecule has 19 heavy (non-hydrogen) atoms. The Morgan fingerprint density at radius 2 is 2.21 bits per heavy atom. The summed E-state index contributed by atoms with van der Waals surface area (Å²) < 4.78 is 26.9. The zero-order chi connectivity index (χ0) is 14.0. The summed E-state index contributed by atoms with van der Waals surface area (Å²) in [4.78, 5) is 2.98. The second-order valence-electron chi connectivity index (χ2n) is 4.96. The van der Waals surface area contributed by atoms with Crippen molar-refractivity contribution in [1.82, 2.24) is 9.21 Å². The first kappa shape index (κ1) is 14.9. The minimum atomic E-state index is -3.36. The molecule has 1 N–H and O–H groups in total. The highest BCUT2D eigenvalue weighted by Crippen LogP contribution is 2.28. The predicted molar refractivity (Wildman–Crippen MR) is 76.0 cm³/mol. The number of thiophene rings is 1. The van der Waals surface area contributed by atoms with E-state index in [0.717, 1.165) is 11.3 Å². The van der Waals surface area contributed by atoms with E-state index >= 15 is 0 Å². The topological polar surface area (TPSA) is 60.9 Å². The van der Waals surface area contributed by atoms with Gasteiger partial charge in [0.15, 0.2) is 0 Å². The summed E-state index contributed by atoms with van der Waals surface area (Å²) in [6, 6.07) is 3.73. The number of hydrogen-bond acceptors (Lipinski definition) is 5. The Hall–Kier alpha value is -0.470. The number of aliphatic hydroxyl groups excluding tert-OH is 1. The van der Waals surface area contributed by atoms with Crippen LogP contribution in [0.5, 0.6) is 0 Å². The molecule has 1 unspecified atom stereocenters. The van der Waals surface area contributed by atoms with Crippen LogP contribution in [-0.2, 0) is 16.4 Å². The van der Waals surface area contributed by atoms with Crippen LogP contribution >= 0.6 is 11.3 Å². The van der Waals surface area contributed by atoms with E-state index in [1.54, 1.807) is 16.4 Å². The lowest BCUT2D eigenvalue weighted by Crippen LogP contribution is -2.34. The Balaban J connectivity index is 2.14. The maximum Gasteiger partial charge on any atom is 0.252 e. The summed E-state index contributed by atoms with van der Waals surface area (Å²) in [5.74, 6) is 0. The smallest absolute Gasteiger partial charge is 0.252 e. The van der Waals surface area contributed by atoms with Crippen LogP contribution in [0.4, 0.5) is 0 Å². The highest BCUT2D eigenvalue weighted by atomic mass is 32.2. The van der Waals surface area contributed by atoms with Gasteiger partial charge in [-0.3, -0.25) is 0 Å². The molecule has 1 atom stereocenters. The number of likely N-dealkylation sites (N-methyl/N-ethyl adjacent to an activating group) is 1.